The third kappa shape index (κ3) is 3.93. The summed E-state index contributed by atoms with van der Waals surface area (Å²) < 4.78 is 1.08. The van der Waals surface area contributed by atoms with Gasteiger partial charge in [0.05, 0.1) is 11.2 Å². The Morgan fingerprint density at radius 3 is 2.42 bits per heavy atom. The molecule has 0 atom stereocenters. The van der Waals surface area contributed by atoms with E-state index in [9.17, 15) is 0 Å². The van der Waals surface area contributed by atoms with Gasteiger partial charge in [0, 0.05) is 26.2 Å². The quantitative estimate of drug-likeness (QED) is 0.252. The number of rotatable bonds is 4. The molecule has 0 radical (unpaired) electrons. The van der Waals surface area contributed by atoms with E-state index in [4.69, 9.17) is 21.6 Å². The molecule has 0 aliphatic heterocycles. The van der Waals surface area contributed by atoms with Crippen molar-refractivity contribution in [2.75, 3.05) is 0 Å². The third-order valence-corrected chi connectivity index (χ3v) is 5.65. The first-order valence-electron chi connectivity index (χ1n) is 8.09. The molecule has 0 fully saturated rings. The number of hydrogen-bond acceptors (Lipinski definition) is 3. The predicted molar refractivity (Wildman–Crippen MR) is 114 cm³/mol. The Morgan fingerprint density at radius 2 is 1.65 bits per heavy atom. The standard InChI is InChI=1S/C21H14BrClN2S/c22-16-8-6-14(7-9-16)13-26-21-24-19-11-10-17(23)12-18(19)20(25-21)15-4-2-1-3-5-15/h1-12H,13H2. The minimum atomic E-state index is 0.688. The van der Waals surface area contributed by atoms with Gasteiger partial charge in [-0.25, -0.2) is 9.97 Å². The Morgan fingerprint density at radius 1 is 0.885 bits per heavy atom. The fraction of sp³-hybridized carbons (Fsp3) is 0.0476. The Kier molecular flexibility index (Phi) is 5.25. The van der Waals surface area contributed by atoms with Gasteiger partial charge in [-0.2, -0.15) is 0 Å². The number of thioether (sulfide) groups is 1. The number of halogens is 2. The molecule has 4 rings (SSSR count). The third-order valence-electron chi connectivity index (χ3n) is 3.97. The number of benzene rings is 3. The summed E-state index contributed by atoms with van der Waals surface area (Å²) in [7, 11) is 0. The van der Waals surface area contributed by atoms with E-state index >= 15 is 0 Å². The monoisotopic (exact) mass is 440 g/mol. The van der Waals surface area contributed by atoms with Crippen molar-refractivity contribution < 1.29 is 0 Å². The maximum atomic E-state index is 6.21. The molecule has 0 N–H and O–H groups in total. The van der Waals surface area contributed by atoms with Crippen LogP contribution in [0, 0.1) is 0 Å². The summed E-state index contributed by atoms with van der Waals surface area (Å²) in [4.78, 5) is 9.55. The molecule has 1 aromatic heterocycles. The highest BCUT2D eigenvalue weighted by Crippen LogP contribution is 2.31. The maximum absolute atomic E-state index is 6.21. The van der Waals surface area contributed by atoms with Crippen molar-refractivity contribution in [2.24, 2.45) is 0 Å². The zero-order valence-corrected chi connectivity index (χ0v) is 16.9. The van der Waals surface area contributed by atoms with Gasteiger partial charge < -0.3 is 0 Å². The molecular weight excluding hydrogens is 428 g/mol. The molecule has 0 saturated carbocycles. The first kappa shape index (κ1) is 17.5. The van der Waals surface area contributed by atoms with Crippen LogP contribution < -0.4 is 0 Å². The fourth-order valence-electron chi connectivity index (χ4n) is 2.69. The summed E-state index contributed by atoms with van der Waals surface area (Å²) in [6, 6.07) is 24.2. The van der Waals surface area contributed by atoms with Crippen LogP contribution in [0.2, 0.25) is 5.02 Å². The molecular formula is C21H14BrClN2S. The van der Waals surface area contributed by atoms with Gasteiger partial charge in [-0.15, -0.1) is 0 Å². The van der Waals surface area contributed by atoms with Gasteiger partial charge in [-0.05, 0) is 35.9 Å². The highest BCUT2D eigenvalue weighted by atomic mass is 79.9. The van der Waals surface area contributed by atoms with E-state index in [2.05, 4.69) is 52.3 Å². The van der Waals surface area contributed by atoms with Crippen LogP contribution in [0.25, 0.3) is 22.2 Å². The average molecular weight is 442 g/mol. The Labute approximate surface area is 169 Å². The molecule has 26 heavy (non-hydrogen) atoms. The lowest BCUT2D eigenvalue weighted by Gasteiger charge is -2.09. The van der Waals surface area contributed by atoms with E-state index in [1.807, 2.05) is 36.4 Å². The number of fused-ring (bicyclic) bond motifs is 1. The van der Waals surface area contributed by atoms with Crippen LogP contribution in [0.3, 0.4) is 0 Å². The van der Waals surface area contributed by atoms with Crippen LogP contribution in [0.4, 0.5) is 0 Å². The molecule has 0 amide bonds. The normalized spacial score (nSPS) is 11.0. The van der Waals surface area contributed by atoms with Crippen LogP contribution in [-0.4, -0.2) is 9.97 Å². The molecule has 2 nitrogen and oxygen atoms in total. The summed E-state index contributed by atoms with van der Waals surface area (Å²) in [5, 5.41) is 2.42. The SMILES string of the molecule is Clc1ccc2nc(SCc3ccc(Br)cc3)nc(-c3ccccc3)c2c1. The molecule has 3 aromatic carbocycles. The van der Waals surface area contributed by atoms with Gasteiger partial charge >= 0.3 is 0 Å². The molecule has 0 bridgehead atoms. The highest BCUT2D eigenvalue weighted by molar-refractivity contribution is 9.10. The summed E-state index contributed by atoms with van der Waals surface area (Å²) >= 11 is 11.3. The van der Waals surface area contributed by atoms with E-state index in [1.165, 1.54) is 5.56 Å². The summed E-state index contributed by atoms with van der Waals surface area (Å²) in [5.41, 5.74) is 4.12. The van der Waals surface area contributed by atoms with E-state index in [1.54, 1.807) is 11.8 Å². The minimum Gasteiger partial charge on any atom is -0.222 e. The van der Waals surface area contributed by atoms with Crippen LogP contribution >= 0.6 is 39.3 Å². The van der Waals surface area contributed by atoms with E-state index in [0.717, 1.165) is 37.5 Å². The zero-order valence-electron chi connectivity index (χ0n) is 13.7. The topological polar surface area (TPSA) is 25.8 Å². The van der Waals surface area contributed by atoms with E-state index in [0.29, 0.717) is 5.02 Å². The van der Waals surface area contributed by atoms with Gasteiger partial charge in [-0.1, -0.05) is 81.8 Å². The molecule has 5 heteroatoms. The van der Waals surface area contributed by atoms with E-state index in [-0.39, 0.29) is 0 Å². The molecule has 0 spiro atoms. The van der Waals surface area contributed by atoms with Crippen LogP contribution in [0.5, 0.6) is 0 Å². The van der Waals surface area contributed by atoms with Crippen molar-refractivity contribution in [3.8, 4) is 11.3 Å². The first-order valence-corrected chi connectivity index (χ1v) is 10.2. The van der Waals surface area contributed by atoms with Crippen molar-refractivity contribution in [2.45, 2.75) is 10.9 Å². The second-order valence-electron chi connectivity index (χ2n) is 5.80. The fourth-order valence-corrected chi connectivity index (χ4v) is 3.93. The van der Waals surface area contributed by atoms with Crippen molar-refractivity contribution >= 4 is 50.2 Å². The molecule has 0 saturated heterocycles. The lowest BCUT2D eigenvalue weighted by atomic mass is 10.1. The maximum Gasteiger partial charge on any atom is 0.189 e. The van der Waals surface area contributed by atoms with Crippen LogP contribution in [0.1, 0.15) is 5.56 Å². The Bertz CT molecular complexity index is 1050. The van der Waals surface area contributed by atoms with Gasteiger partial charge in [0.25, 0.3) is 0 Å². The summed E-state index contributed by atoms with van der Waals surface area (Å²) in [6.45, 7) is 0. The molecule has 128 valence electrons. The van der Waals surface area contributed by atoms with Crippen molar-refractivity contribution in [1.29, 1.82) is 0 Å². The number of nitrogens with zero attached hydrogens (tertiary/aromatic N) is 2. The summed E-state index contributed by atoms with van der Waals surface area (Å²) in [6.07, 6.45) is 0. The van der Waals surface area contributed by atoms with Crippen molar-refractivity contribution in [1.82, 2.24) is 9.97 Å². The molecule has 0 aliphatic rings. The second kappa shape index (κ2) is 7.78. The molecule has 1 heterocycles. The molecule has 0 aliphatic carbocycles. The number of aromatic nitrogens is 2. The minimum absolute atomic E-state index is 0.688. The molecule has 0 unspecified atom stereocenters. The lowest BCUT2D eigenvalue weighted by molar-refractivity contribution is 1.01. The highest BCUT2D eigenvalue weighted by Gasteiger charge is 2.11. The smallest absolute Gasteiger partial charge is 0.189 e. The number of hydrogen-bond donors (Lipinski definition) is 0. The summed E-state index contributed by atoms with van der Waals surface area (Å²) in [5.74, 6) is 0.820. The van der Waals surface area contributed by atoms with Gasteiger partial charge in [0.15, 0.2) is 5.16 Å². The zero-order chi connectivity index (χ0) is 17.9. The van der Waals surface area contributed by atoms with Crippen molar-refractivity contribution in [3.05, 3.63) is 87.9 Å². The Hall–Kier alpha value is -1.88. The van der Waals surface area contributed by atoms with Gasteiger partial charge in [0.1, 0.15) is 0 Å². The largest absolute Gasteiger partial charge is 0.222 e. The Balaban J connectivity index is 1.73. The predicted octanol–water partition coefficient (Wildman–Crippen LogP) is 7.01. The van der Waals surface area contributed by atoms with Gasteiger partial charge in [-0.3, -0.25) is 0 Å². The van der Waals surface area contributed by atoms with E-state index < -0.39 is 0 Å². The lowest BCUT2D eigenvalue weighted by Crippen LogP contribution is -1.94. The van der Waals surface area contributed by atoms with Crippen LogP contribution in [0.15, 0.2) is 82.4 Å². The van der Waals surface area contributed by atoms with Crippen LogP contribution in [-0.2, 0) is 5.75 Å². The first-order chi connectivity index (χ1) is 12.7. The second-order valence-corrected chi connectivity index (χ2v) is 8.09. The molecule has 4 aromatic rings. The van der Waals surface area contributed by atoms with Gasteiger partial charge in [0.2, 0.25) is 0 Å². The van der Waals surface area contributed by atoms with Crippen molar-refractivity contribution in [3.63, 3.8) is 0 Å². The average Bonchev–Trinajstić information content (AvgIpc) is 2.68.